The molecule has 0 N–H and O–H groups in total. The smallest absolute Gasteiger partial charge is 0.225 e. The Kier molecular flexibility index (Phi) is 5.29. The van der Waals surface area contributed by atoms with Crippen molar-refractivity contribution in [3.05, 3.63) is 71.8 Å². The number of aryl methyl sites for hydroxylation is 2. The summed E-state index contributed by atoms with van der Waals surface area (Å²) in [6.45, 7) is 12.4. The summed E-state index contributed by atoms with van der Waals surface area (Å²) in [6, 6.07) is 12.9. The number of hydrogen-bond acceptors (Lipinski definition) is 5. The first kappa shape index (κ1) is 20.5. The highest BCUT2D eigenvalue weighted by Crippen LogP contribution is 2.31. The highest BCUT2D eigenvalue weighted by atomic mass is 15.3. The molecule has 0 atom stereocenters. The van der Waals surface area contributed by atoms with Gasteiger partial charge in [0.25, 0.3) is 0 Å². The molecule has 3 aromatic heterocycles. The number of rotatable bonds is 4. The maximum Gasteiger partial charge on any atom is 0.225 e. The molecular formula is C26H30N6. The molecule has 4 heterocycles. The van der Waals surface area contributed by atoms with Crippen LogP contribution in [0.5, 0.6) is 0 Å². The van der Waals surface area contributed by atoms with Gasteiger partial charge in [0, 0.05) is 61.7 Å². The summed E-state index contributed by atoms with van der Waals surface area (Å²) in [4.78, 5) is 18.9. The average Bonchev–Trinajstić information content (AvgIpc) is 3.16. The Morgan fingerprint density at radius 1 is 0.875 bits per heavy atom. The van der Waals surface area contributed by atoms with Crippen LogP contribution in [-0.2, 0) is 0 Å². The van der Waals surface area contributed by atoms with Gasteiger partial charge in [-0.25, -0.2) is 15.0 Å². The quantitative estimate of drug-likeness (QED) is 0.467. The highest BCUT2D eigenvalue weighted by molar-refractivity contribution is 5.73. The SMILES string of the molecule is Cc1ccc(N2CCN(c3ncc(C(C)C)cn3)CC2)cc1-c1nc2ccccn2c1C. The minimum atomic E-state index is 0.452. The van der Waals surface area contributed by atoms with Gasteiger partial charge in [0.2, 0.25) is 5.95 Å². The van der Waals surface area contributed by atoms with Crippen LogP contribution in [0.4, 0.5) is 11.6 Å². The van der Waals surface area contributed by atoms with Crippen LogP contribution >= 0.6 is 0 Å². The summed E-state index contributed by atoms with van der Waals surface area (Å²) >= 11 is 0. The number of benzene rings is 1. The molecule has 0 spiro atoms. The largest absolute Gasteiger partial charge is 0.368 e. The summed E-state index contributed by atoms with van der Waals surface area (Å²) in [5, 5.41) is 0. The van der Waals surface area contributed by atoms with Crippen molar-refractivity contribution >= 4 is 17.3 Å². The molecule has 1 aliphatic heterocycles. The number of pyridine rings is 1. The van der Waals surface area contributed by atoms with Gasteiger partial charge in [-0.1, -0.05) is 26.0 Å². The van der Waals surface area contributed by atoms with Gasteiger partial charge in [-0.2, -0.15) is 0 Å². The van der Waals surface area contributed by atoms with Crippen LogP contribution in [0.2, 0.25) is 0 Å². The monoisotopic (exact) mass is 426 g/mol. The summed E-state index contributed by atoms with van der Waals surface area (Å²) in [5.74, 6) is 1.28. The maximum absolute atomic E-state index is 4.92. The van der Waals surface area contributed by atoms with Gasteiger partial charge in [0.15, 0.2) is 0 Å². The van der Waals surface area contributed by atoms with Gasteiger partial charge < -0.3 is 14.2 Å². The number of anilines is 2. The standard InChI is InChI=1S/C26H30N6/c1-18(2)21-16-27-26(28-17-21)31-13-11-30(12-14-31)22-9-8-19(3)23(15-22)25-20(4)32-10-6-5-7-24(32)29-25/h5-10,15-18H,11-14H2,1-4H3. The predicted octanol–water partition coefficient (Wildman–Crippen LogP) is 4.86. The molecule has 1 aliphatic rings. The molecule has 0 unspecified atom stereocenters. The van der Waals surface area contributed by atoms with E-state index in [1.54, 1.807) is 0 Å². The number of aromatic nitrogens is 4. The molecule has 0 saturated carbocycles. The lowest BCUT2D eigenvalue weighted by Gasteiger charge is -2.36. The van der Waals surface area contributed by atoms with Gasteiger partial charge in [-0.05, 0) is 55.2 Å². The summed E-state index contributed by atoms with van der Waals surface area (Å²) in [7, 11) is 0. The highest BCUT2D eigenvalue weighted by Gasteiger charge is 2.21. The summed E-state index contributed by atoms with van der Waals surface area (Å²) in [5.41, 5.74) is 8.11. The van der Waals surface area contributed by atoms with E-state index in [1.165, 1.54) is 28.1 Å². The first-order valence-electron chi connectivity index (χ1n) is 11.4. The van der Waals surface area contributed by atoms with E-state index in [4.69, 9.17) is 4.98 Å². The number of nitrogens with zero attached hydrogens (tertiary/aromatic N) is 6. The van der Waals surface area contributed by atoms with Crippen molar-refractivity contribution in [1.29, 1.82) is 0 Å². The molecule has 1 fully saturated rings. The van der Waals surface area contributed by atoms with Crippen molar-refractivity contribution in [2.24, 2.45) is 0 Å². The van der Waals surface area contributed by atoms with Crippen molar-refractivity contribution in [2.75, 3.05) is 36.0 Å². The molecule has 5 rings (SSSR count). The zero-order valence-electron chi connectivity index (χ0n) is 19.3. The lowest BCUT2D eigenvalue weighted by molar-refractivity contribution is 0.639. The maximum atomic E-state index is 4.92. The molecule has 0 amide bonds. The van der Waals surface area contributed by atoms with Crippen LogP contribution in [0.3, 0.4) is 0 Å². The zero-order chi connectivity index (χ0) is 22.2. The van der Waals surface area contributed by atoms with Gasteiger partial charge in [0.05, 0.1) is 5.69 Å². The Morgan fingerprint density at radius 3 is 2.28 bits per heavy atom. The Morgan fingerprint density at radius 2 is 1.59 bits per heavy atom. The van der Waals surface area contributed by atoms with E-state index in [-0.39, 0.29) is 0 Å². The van der Waals surface area contributed by atoms with Gasteiger partial charge in [0.1, 0.15) is 5.65 Å². The van der Waals surface area contributed by atoms with E-state index in [1.807, 2.05) is 24.5 Å². The van der Waals surface area contributed by atoms with E-state index < -0.39 is 0 Å². The third-order valence-corrected chi connectivity index (χ3v) is 6.50. The molecule has 1 saturated heterocycles. The van der Waals surface area contributed by atoms with Crippen LogP contribution in [0.1, 0.15) is 36.6 Å². The second-order valence-electron chi connectivity index (χ2n) is 8.92. The van der Waals surface area contributed by atoms with E-state index in [0.717, 1.165) is 43.5 Å². The lowest BCUT2D eigenvalue weighted by Crippen LogP contribution is -2.47. The van der Waals surface area contributed by atoms with Crippen molar-refractivity contribution in [1.82, 2.24) is 19.4 Å². The van der Waals surface area contributed by atoms with Crippen molar-refractivity contribution in [3.63, 3.8) is 0 Å². The average molecular weight is 427 g/mol. The molecule has 6 heteroatoms. The normalized spacial score (nSPS) is 14.5. The minimum Gasteiger partial charge on any atom is -0.368 e. The Labute approximate surface area is 189 Å². The Hall–Kier alpha value is -3.41. The van der Waals surface area contributed by atoms with E-state index in [2.05, 4.69) is 82.3 Å². The van der Waals surface area contributed by atoms with Crippen LogP contribution < -0.4 is 9.80 Å². The molecule has 0 aliphatic carbocycles. The van der Waals surface area contributed by atoms with Crippen molar-refractivity contribution in [2.45, 2.75) is 33.6 Å². The van der Waals surface area contributed by atoms with Crippen molar-refractivity contribution in [3.8, 4) is 11.3 Å². The molecule has 0 radical (unpaired) electrons. The fraction of sp³-hybridized carbons (Fsp3) is 0.346. The molecule has 1 aromatic carbocycles. The van der Waals surface area contributed by atoms with E-state index >= 15 is 0 Å². The minimum absolute atomic E-state index is 0.452. The Bertz CT molecular complexity index is 1230. The third kappa shape index (κ3) is 3.70. The first-order valence-corrected chi connectivity index (χ1v) is 11.4. The number of piperazine rings is 1. The van der Waals surface area contributed by atoms with Gasteiger partial charge in [-0.3, -0.25) is 0 Å². The fourth-order valence-corrected chi connectivity index (χ4v) is 4.39. The molecule has 6 nitrogen and oxygen atoms in total. The molecule has 0 bridgehead atoms. The molecule has 32 heavy (non-hydrogen) atoms. The van der Waals surface area contributed by atoms with E-state index in [0.29, 0.717) is 5.92 Å². The van der Waals surface area contributed by atoms with Crippen LogP contribution in [-0.4, -0.2) is 45.5 Å². The van der Waals surface area contributed by atoms with Crippen LogP contribution in [0, 0.1) is 13.8 Å². The summed E-state index contributed by atoms with van der Waals surface area (Å²) in [6.07, 6.45) is 6.00. The summed E-state index contributed by atoms with van der Waals surface area (Å²) < 4.78 is 2.16. The number of hydrogen-bond donors (Lipinski definition) is 0. The Balaban J connectivity index is 1.36. The zero-order valence-corrected chi connectivity index (χ0v) is 19.3. The molecule has 4 aromatic rings. The second-order valence-corrected chi connectivity index (χ2v) is 8.92. The fourth-order valence-electron chi connectivity index (χ4n) is 4.39. The molecule has 164 valence electrons. The number of imidazole rings is 1. The van der Waals surface area contributed by atoms with Gasteiger partial charge >= 0.3 is 0 Å². The predicted molar refractivity (Wildman–Crippen MR) is 131 cm³/mol. The van der Waals surface area contributed by atoms with Gasteiger partial charge in [-0.15, -0.1) is 0 Å². The van der Waals surface area contributed by atoms with E-state index in [9.17, 15) is 0 Å². The second kappa shape index (κ2) is 8.26. The lowest BCUT2D eigenvalue weighted by atomic mass is 10.0. The first-order chi connectivity index (χ1) is 15.5. The third-order valence-electron chi connectivity index (χ3n) is 6.50. The number of fused-ring (bicyclic) bond motifs is 1. The van der Waals surface area contributed by atoms with Crippen LogP contribution in [0.15, 0.2) is 55.0 Å². The van der Waals surface area contributed by atoms with Crippen molar-refractivity contribution < 1.29 is 0 Å². The molecular weight excluding hydrogens is 396 g/mol. The topological polar surface area (TPSA) is 49.6 Å². The van der Waals surface area contributed by atoms with Crippen LogP contribution in [0.25, 0.3) is 16.9 Å².